The van der Waals surface area contributed by atoms with Gasteiger partial charge in [-0.25, -0.2) is 0 Å². The minimum Gasteiger partial charge on any atom is -0.198 e. The molecule has 0 radical (unpaired) electrons. The van der Waals surface area contributed by atoms with Gasteiger partial charge in [0.15, 0.2) is 0 Å². The highest BCUT2D eigenvalue weighted by atomic mass is 14.5. The lowest BCUT2D eigenvalue weighted by molar-refractivity contribution is 0.0176. The molecule has 0 aromatic heterocycles. The van der Waals surface area contributed by atoms with Crippen LogP contribution < -0.4 is 0 Å². The van der Waals surface area contributed by atoms with Crippen LogP contribution in [0.4, 0.5) is 0 Å². The molecule has 138 valence electrons. The Bertz CT molecular complexity index is 377. The molecule has 2 aliphatic carbocycles. The molecule has 0 unspecified atom stereocenters. The topological polar surface area (TPSA) is 23.8 Å². The molecule has 2 saturated carbocycles. The summed E-state index contributed by atoms with van der Waals surface area (Å²) in [6, 6.07) is 2.78. The van der Waals surface area contributed by atoms with Crippen LogP contribution >= 0.6 is 0 Å². The van der Waals surface area contributed by atoms with Gasteiger partial charge >= 0.3 is 0 Å². The van der Waals surface area contributed by atoms with Crippen molar-refractivity contribution in [3.8, 4) is 6.07 Å². The van der Waals surface area contributed by atoms with E-state index < -0.39 is 0 Å². The van der Waals surface area contributed by atoms with E-state index in [-0.39, 0.29) is 5.41 Å². The van der Waals surface area contributed by atoms with Crippen LogP contribution in [-0.4, -0.2) is 0 Å². The van der Waals surface area contributed by atoms with Crippen LogP contribution in [0.3, 0.4) is 0 Å². The van der Waals surface area contributed by atoms with Crippen molar-refractivity contribution in [1.29, 1.82) is 5.26 Å². The van der Waals surface area contributed by atoms with Gasteiger partial charge in [-0.05, 0) is 62.7 Å². The molecular formula is C23H41N. The number of nitrogens with zero attached hydrogens (tertiary/aromatic N) is 1. The average Bonchev–Trinajstić information content (AvgIpc) is 2.64. The van der Waals surface area contributed by atoms with Crippen LogP contribution in [0.25, 0.3) is 0 Å². The molecule has 0 spiro atoms. The highest BCUT2D eigenvalue weighted by molar-refractivity contribution is 5.05. The number of hydrogen-bond donors (Lipinski definition) is 0. The second-order valence-electron chi connectivity index (χ2n) is 9.00. The van der Waals surface area contributed by atoms with E-state index in [9.17, 15) is 5.26 Å². The van der Waals surface area contributed by atoms with Crippen LogP contribution in [0.5, 0.6) is 0 Å². The van der Waals surface area contributed by atoms with Crippen molar-refractivity contribution < 1.29 is 0 Å². The predicted octanol–water partition coefficient (Wildman–Crippen LogP) is 7.80. The van der Waals surface area contributed by atoms with Gasteiger partial charge in [0.25, 0.3) is 0 Å². The third kappa shape index (κ3) is 5.00. The Labute approximate surface area is 151 Å². The highest BCUT2D eigenvalue weighted by Crippen LogP contribution is 2.56. The largest absolute Gasteiger partial charge is 0.198 e. The van der Waals surface area contributed by atoms with Gasteiger partial charge in [-0.3, -0.25) is 0 Å². The second-order valence-corrected chi connectivity index (χ2v) is 9.00. The van der Waals surface area contributed by atoms with Crippen molar-refractivity contribution in [1.82, 2.24) is 0 Å². The highest BCUT2D eigenvalue weighted by Gasteiger charge is 2.46. The molecule has 0 saturated heterocycles. The van der Waals surface area contributed by atoms with Crippen molar-refractivity contribution in [3.05, 3.63) is 0 Å². The molecule has 0 aliphatic heterocycles. The van der Waals surface area contributed by atoms with Gasteiger partial charge in [0.2, 0.25) is 0 Å². The third-order valence-corrected chi connectivity index (χ3v) is 7.45. The molecule has 0 aromatic rings. The molecule has 0 heterocycles. The molecule has 0 aromatic carbocycles. The second kappa shape index (κ2) is 9.84. The summed E-state index contributed by atoms with van der Waals surface area (Å²) < 4.78 is 0. The molecule has 0 bridgehead atoms. The summed E-state index contributed by atoms with van der Waals surface area (Å²) >= 11 is 0. The summed E-state index contributed by atoms with van der Waals surface area (Å²) in [5.41, 5.74) is 0.624. The zero-order valence-electron chi connectivity index (χ0n) is 16.5. The Morgan fingerprint density at radius 2 is 1.38 bits per heavy atom. The number of nitriles is 1. The number of unbranched alkanes of at least 4 members (excludes halogenated alkanes) is 4. The van der Waals surface area contributed by atoms with Crippen LogP contribution in [0.1, 0.15) is 123 Å². The minimum absolute atomic E-state index is 0.0259. The summed E-state index contributed by atoms with van der Waals surface area (Å²) in [5, 5.41) is 9.89. The molecular weight excluding hydrogens is 290 g/mol. The van der Waals surface area contributed by atoms with Gasteiger partial charge in [0.1, 0.15) is 0 Å². The Hall–Kier alpha value is -0.510. The normalized spacial score (nSPS) is 31.7. The Balaban J connectivity index is 2.00. The fraction of sp³-hybridized carbons (Fsp3) is 0.957. The molecule has 2 rings (SSSR count). The molecule has 24 heavy (non-hydrogen) atoms. The maximum atomic E-state index is 9.89. The maximum Gasteiger partial charge on any atom is 0.0689 e. The maximum absolute atomic E-state index is 9.89. The third-order valence-electron chi connectivity index (χ3n) is 7.45. The summed E-state index contributed by atoms with van der Waals surface area (Å²) in [5.74, 6) is 0.968. The first-order valence-corrected chi connectivity index (χ1v) is 11.1. The van der Waals surface area contributed by atoms with Crippen LogP contribution in [-0.2, 0) is 0 Å². The molecule has 2 fully saturated rings. The number of rotatable bonds is 9. The zero-order chi connectivity index (χ0) is 17.3. The SMILES string of the molecule is CCCCC[C@]1(C#N)CC[C@@](CCCCC)(C2CCCCC2)CC1. The lowest BCUT2D eigenvalue weighted by atomic mass is 9.54. The van der Waals surface area contributed by atoms with Crippen molar-refractivity contribution in [2.75, 3.05) is 0 Å². The fourth-order valence-corrected chi connectivity index (χ4v) is 5.66. The predicted molar refractivity (Wildman–Crippen MR) is 104 cm³/mol. The first-order valence-electron chi connectivity index (χ1n) is 11.1. The van der Waals surface area contributed by atoms with Crippen molar-refractivity contribution in [2.24, 2.45) is 16.7 Å². The zero-order valence-corrected chi connectivity index (χ0v) is 16.5. The molecule has 1 nitrogen and oxygen atoms in total. The summed E-state index contributed by atoms with van der Waals surface area (Å²) in [4.78, 5) is 0. The van der Waals surface area contributed by atoms with Gasteiger partial charge in [-0.15, -0.1) is 0 Å². The molecule has 0 amide bonds. The van der Waals surface area contributed by atoms with E-state index in [2.05, 4.69) is 19.9 Å². The van der Waals surface area contributed by atoms with Crippen molar-refractivity contribution >= 4 is 0 Å². The quantitative estimate of drug-likeness (QED) is 0.395. The lowest BCUT2D eigenvalue weighted by Gasteiger charge is -2.49. The van der Waals surface area contributed by atoms with E-state index in [0.29, 0.717) is 5.41 Å². The van der Waals surface area contributed by atoms with E-state index in [1.807, 2.05) is 0 Å². The fourth-order valence-electron chi connectivity index (χ4n) is 5.66. The van der Waals surface area contributed by atoms with Crippen LogP contribution in [0.15, 0.2) is 0 Å². The van der Waals surface area contributed by atoms with Gasteiger partial charge in [0, 0.05) is 0 Å². The van der Waals surface area contributed by atoms with Crippen LogP contribution in [0, 0.1) is 28.1 Å². The van der Waals surface area contributed by atoms with E-state index in [1.54, 1.807) is 0 Å². The summed E-state index contributed by atoms with van der Waals surface area (Å²) in [6.07, 6.45) is 23.0. The van der Waals surface area contributed by atoms with E-state index in [0.717, 1.165) is 12.3 Å². The lowest BCUT2D eigenvalue weighted by Crippen LogP contribution is -2.39. The molecule has 0 N–H and O–H groups in total. The monoisotopic (exact) mass is 331 g/mol. The first kappa shape index (κ1) is 19.8. The van der Waals surface area contributed by atoms with E-state index in [4.69, 9.17) is 0 Å². The smallest absolute Gasteiger partial charge is 0.0689 e. The first-order chi connectivity index (χ1) is 11.7. The molecule has 1 heteroatoms. The minimum atomic E-state index is 0.0259. The standard InChI is InChI=1S/C23H41N/c1-3-5-10-14-22(20-24)16-18-23(19-17-22,15-11-6-4-2)21-12-8-7-9-13-21/h21H,3-19H2,1-2H3/t22-,23+. The Kier molecular flexibility index (Phi) is 8.12. The Morgan fingerprint density at radius 3 is 1.92 bits per heavy atom. The van der Waals surface area contributed by atoms with Gasteiger partial charge in [-0.2, -0.15) is 5.26 Å². The summed E-state index contributed by atoms with van der Waals surface area (Å²) in [6.45, 7) is 4.59. The van der Waals surface area contributed by atoms with Gasteiger partial charge < -0.3 is 0 Å². The molecule has 0 atom stereocenters. The van der Waals surface area contributed by atoms with Gasteiger partial charge in [-0.1, -0.05) is 71.6 Å². The van der Waals surface area contributed by atoms with Crippen molar-refractivity contribution in [3.63, 3.8) is 0 Å². The van der Waals surface area contributed by atoms with Crippen LogP contribution in [0.2, 0.25) is 0 Å². The number of hydrogen-bond acceptors (Lipinski definition) is 1. The van der Waals surface area contributed by atoms with E-state index in [1.165, 1.54) is 103 Å². The van der Waals surface area contributed by atoms with Gasteiger partial charge in [0.05, 0.1) is 11.5 Å². The molecule has 2 aliphatic rings. The summed E-state index contributed by atoms with van der Waals surface area (Å²) in [7, 11) is 0. The average molecular weight is 332 g/mol. The Morgan fingerprint density at radius 1 is 0.792 bits per heavy atom. The van der Waals surface area contributed by atoms with E-state index >= 15 is 0 Å². The van der Waals surface area contributed by atoms with Crippen molar-refractivity contribution in [2.45, 2.75) is 123 Å².